The van der Waals surface area contributed by atoms with Gasteiger partial charge in [-0.05, 0) is 63.2 Å². The van der Waals surface area contributed by atoms with E-state index in [9.17, 15) is 13.6 Å². The van der Waals surface area contributed by atoms with E-state index < -0.39 is 16.9 Å². The molecule has 0 aliphatic carbocycles. The molecule has 8 heteroatoms. The Balaban J connectivity index is 1.87. The number of ketones is 1. The van der Waals surface area contributed by atoms with Crippen molar-refractivity contribution >= 4 is 17.5 Å². The van der Waals surface area contributed by atoms with Crippen molar-refractivity contribution in [3.8, 4) is 17.1 Å². The summed E-state index contributed by atoms with van der Waals surface area (Å²) in [5, 5.41) is 8.59. The van der Waals surface area contributed by atoms with E-state index in [0.717, 1.165) is 23.4 Å². The number of nitrogens with zero attached hydrogens (tertiary/aromatic N) is 3. The quantitative estimate of drug-likeness (QED) is 0.392. The summed E-state index contributed by atoms with van der Waals surface area (Å²) in [6, 6.07) is 10.7. The summed E-state index contributed by atoms with van der Waals surface area (Å²) in [7, 11) is 1.60. The molecule has 3 rings (SSSR count). The molecule has 1 unspecified atom stereocenters. The molecule has 0 aliphatic heterocycles. The van der Waals surface area contributed by atoms with Crippen molar-refractivity contribution in [3.63, 3.8) is 0 Å². The second kappa shape index (κ2) is 8.73. The summed E-state index contributed by atoms with van der Waals surface area (Å²) < 4.78 is 33.8. The minimum absolute atomic E-state index is 0.0511. The number of aromatic nitrogens is 3. The summed E-state index contributed by atoms with van der Waals surface area (Å²) in [4.78, 5) is 12.7. The Morgan fingerprint density at radius 2 is 1.72 bits per heavy atom. The van der Waals surface area contributed by atoms with Crippen LogP contribution in [0.1, 0.15) is 37.2 Å². The molecule has 1 heterocycles. The van der Waals surface area contributed by atoms with Crippen molar-refractivity contribution in [2.45, 2.75) is 37.2 Å². The van der Waals surface area contributed by atoms with Gasteiger partial charge in [0.2, 0.25) is 0 Å². The van der Waals surface area contributed by atoms with Crippen molar-refractivity contribution < 1.29 is 18.3 Å². The van der Waals surface area contributed by atoms with Crippen LogP contribution in [-0.2, 0) is 0 Å². The van der Waals surface area contributed by atoms with Gasteiger partial charge in [0.1, 0.15) is 5.75 Å². The van der Waals surface area contributed by atoms with Gasteiger partial charge in [0.25, 0.3) is 0 Å². The Kier molecular flexibility index (Phi) is 6.32. The topological polar surface area (TPSA) is 57.0 Å². The minimum Gasteiger partial charge on any atom is -0.497 e. The molecule has 0 spiro atoms. The van der Waals surface area contributed by atoms with Gasteiger partial charge in [0.05, 0.1) is 12.4 Å². The Hall–Kier alpha value is -2.74. The van der Waals surface area contributed by atoms with Crippen LogP contribution in [0.5, 0.6) is 5.75 Å². The second-order valence-electron chi connectivity index (χ2n) is 6.75. The lowest BCUT2D eigenvalue weighted by atomic mass is 10.1. The average Bonchev–Trinajstić information content (AvgIpc) is 3.13. The number of benzene rings is 2. The monoisotopic (exact) mass is 417 g/mol. The molecule has 0 saturated carbocycles. The summed E-state index contributed by atoms with van der Waals surface area (Å²) in [6.45, 7) is 5.71. The highest BCUT2D eigenvalue weighted by Gasteiger charge is 2.23. The van der Waals surface area contributed by atoms with E-state index in [-0.39, 0.29) is 17.4 Å². The lowest BCUT2D eigenvalue weighted by Crippen LogP contribution is -2.16. The lowest BCUT2D eigenvalue weighted by Gasteiger charge is -2.16. The molecule has 1 aromatic heterocycles. The predicted octanol–water partition coefficient (Wildman–Crippen LogP) is 5.18. The van der Waals surface area contributed by atoms with Crippen LogP contribution in [0.4, 0.5) is 8.78 Å². The largest absolute Gasteiger partial charge is 0.497 e. The van der Waals surface area contributed by atoms with E-state index in [0.29, 0.717) is 11.0 Å². The molecule has 152 valence electrons. The molecule has 0 N–H and O–H groups in total. The van der Waals surface area contributed by atoms with Crippen LogP contribution in [0.15, 0.2) is 47.6 Å². The molecular formula is C21H21F2N3O2S. The number of hydrogen-bond donors (Lipinski definition) is 0. The SMILES string of the molecule is COc1ccc(-c2nnc(SC(C)C(=O)c3ccc(F)c(F)c3)n2C(C)C)cc1. The van der Waals surface area contributed by atoms with Crippen molar-refractivity contribution in [1.29, 1.82) is 0 Å². The Labute approximate surface area is 172 Å². The number of carbonyl (C=O) groups excluding carboxylic acids is 1. The Morgan fingerprint density at radius 3 is 2.31 bits per heavy atom. The van der Waals surface area contributed by atoms with Crippen LogP contribution < -0.4 is 4.74 Å². The number of Topliss-reactive ketones (excluding diaryl/α,β-unsaturated/α-hetero) is 1. The molecule has 1 atom stereocenters. The van der Waals surface area contributed by atoms with Crippen molar-refractivity contribution in [3.05, 3.63) is 59.7 Å². The van der Waals surface area contributed by atoms with Gasteiger partial charge in [-0.3, -0.25) is 9.36 Å². The first kappa shape index (κ1) is 21.0. The van der Waals surface area contributed by atoms with E-state index in [1.165, 1.54) is 17.8 Å². The molecule has 5 nitrogen and oxygen atoms in total. The molecule has 0 bridgehead atoms. The molecule has 0 amide bonds. The number of thioether (sulfide) groups is 1. The van der Waals surface area contributed by atoms with Gasteiger partial charge < -0.3 is 4.74 Å². The second-order valence-corrected chi connectivity index (χ2v) is 8.06. The van der Waals surface area contributed by atoms with Crippen molar-refractivity contribution in [2.24, 2.45) is 0 Å². The highest BCUT2D eigenvalue weighted by molar-refractivity contribution is 8.00. The van der Waals surface area contributed by atoms with E-state index >= 15 is 0 Å². The maximum Gasteiger partial charge on any atom is 0.192 e. The van der Waals surface area contributed by atoms with Crippen LogP contribution in [0.3, 0.4) is 0 Å². The van der Waals surface area contributed by atoms with Gasteiger partial charge in [-0.25, -0.2) is 8.78 Å². The van der Waals surface area contributed by atoms with Crippen LogP contribution in [-0.4, -0.2) is 32.9 Å². The highest BCUT2D eigenvalue weighted by Crippen LogP contribution is 2.31. The van der Waals surface area contributed by atoms with Crippen LogP contribution in [0.25, 0.3) is 11.4 Å². The highest BCUT2D eigenvalue weighted by atomic mass is 32.2. The average molecular weight is 417 g/mol. The van der Waals surface area contributed by atoms with E-state index in [1.807, 2.05) is 42.7 Å². The summed E-state index contributed by atoms with van der Waals surface area (Å²) in [5.41, 5.74) is 0.994. The third-order valence-corrected chi connectivity index (χ3v) is 5.44. The number of halogens is 2. The number of ether oxygens (including phenoxy) is 1. The fraction of sp³-hybridized carbons (Fsp3) is 0.286. The summed E-state index contributed by atoms with van der Waals surface area (Å²) >= 11 is 1.23. The normalized spacial score (nSPS) is 12.2. The molecule has 0 aliphatic rings. The first-order chi connectivity index (χ1) is 13.8. The lowest BCUT2D eigenvalue weighted by molar-refractivity contribution is 0.0993. The van der Waals surface area contributed by atoms with Gasteiger partial charge in [-0.15, -0.1) is 10.2 Å². The summed E-state index contributed by atoms with van der Waals surface area (Å²) in [6.07, 6.45) is 0. The fourth-order valence-electron chi connectivity index (χ4n) is 2.86. The maximum atomic E-state index is 13.5. The van der Waals surface area contributed by atoms with Gasteiger partial charge >= 0.3 is 0 Å². The molecular weight excluding hydrogens is 396 g/mol. The Morgan fingerprint density at radius 1 is 1.03 bits per heavy atom. The summed E-state index contributed by atoms with van der Waals surface area (Å²) in [5.74, 6) is -0.911. The maximum absolute atomic E-state index is 13.5. The van der Waals surface area contributed by atoms with Crippen LogP contribution in [0.2, 0.25) is 0 Å². The van der Waals surface area contributed by atoms with Gasteiger partial charge in [-0.1, -0.05) is 11.8 Å². The number of rotatable bonds is 7. The van der Waals surface area contributed by atoms with Gasteiger partial charge in [0.15, 0.2) is 28.4 Å². The predicted molar refractivity (Wildman–Crippen MR) is 108 cm³/mol. The Bertz CT molecular complexity index is 1020. The number of methoxy groups -OCH3 is 1. The fourth-order valence-corrected chi connectivity index (χ4v) is 3.91. The zero-order chi connectivity index (χ0) is 21.1. The minimum atomic E-state index is -1.04. The van der Waals surface area contributed by atoms with E-state index in [4.69, 9.17) is 4.74 Å². The van der Waals surface area contributed by atoms with Gasteiger partial charge in [-0.2, -0.15) is 0 Å². The first-order valence-corrected chi connectivity index (χ1v) is 9.95. The molecule has 0 saturated heterocycles. The van der Waals surface area contributed by atoms with E-state index in [2.05, 4.69) is 10.2 Å². The zero-order valence-corrected chi connectivity index (χ0v) is 17.3. The standard InChI is InChI=1S/C21H21F2N3O2S/c1-12(2)26-20(14-5-8-16(28-4)9-6-14)24-25-21(26)29-13(3)19(27)15-7-10-17(22)18(23)11-15/h5-13H,1-4H3. The molecule has 0 radical (unpaired) electrons. The molecule has 3 aromatic rings. The third-order valence-electron chi connectivity index (χ3n) is 4.38. The number of carbonyl (C=O) groups is 1. The molecule has 2 aromatic carbocycles. The first-order valence-electron chi connectivity index (χ1n) is 9.07. The van der Waals surface area contributed by atoms with Gasteiger partial charge in [0, 0.05) is 17.2 Å². The smallest absolute Gasteiger partial charge is 0.192 e. The number of hydrogen-bond acceptors (Lipinski definition) is 5. The van der Waals surface area contributed by atoms with Crippen LogP contribution in [0, 0.1) is 11.6 Å². The van der Waals surface area contributed by atoms with Crippen molar-refractivity contribution in [2.75, 3.05) is 7.11 Å². The van der Waals surface area contributed by atoms with Crippen LogP contribution >= 0.6 is 11.8 Å². The molecule has 29 heavy (non-hydrogen) atoms. The third kappa shape index (κ3) is 4.48. The van der Waals surface area contributed by atoms with E-state index in [1.54, 1.807) is 14.0 Å². The molecule has 0 fully saturated rings. The van der Waals surface area contributed by atoms with Crippen molar-refractivity contribution in [1.82, 2.24) is 14.8 Å². The zero-order valence-electron chi connectivity index (χ0n) is 16.5.